The van der Waals surface area contributed by atoms with E-state index in [-0.39, 0.29) is 0 Å². The molecule has 0 aliphatic heterocycles. The van der Waals surface area contributed by atoms with Crippen molar-refractivity contribution in [2.45, 2.75) is 57.4 Å². The van der Waals surface area contributed by atoms with E-state index in [1.54, 1.807) is 19.3 Å². The molecule has 4 fully saturated rings. The molecule has 0 unspecified atom stereocenters. The summed E-state index contributed by atoms with van der Waals surface area (Å²) in [4.78, 5) is 2.72. The van der Waals surface area contributed by atoms with Gasteiger partial charge in [-0.05, 0) is 76.3 Å². The van der Waals surface area contributed by atoms with E-state index >= 15 is 0 Å². The van der Waals surface area contributed by atoms with Crippen LogP contribution in [0.15, 0.2) is 0 Å². The molecule has 15 heavy (non-hydrogen) atoms. The minimum atomic E-state index is 0.644. The van der Waals surface area contributed by atoms with Crippen molar-refractivity contribution < 1.29 is 0 Å². The Morgan fingerprint density at radius 3 is 1.87 bits per heavy atom. The van der Waals surface area contributed by atoms with Gasteiger partial charge in [-0.1, -0.05) is 6.92 Å². The van der Waals surface area contributed by atoms with Gasteiger partial charge in [-0.25, -0.2) is 0 Å². The van der Waals surface area contributed by atoms with Crippen LogP contribution in [0.3, 0.4) is 0 Å². The van der Waals surface area contributed by atoms with Gasteiger partial charge in [-0.15, -0.1) is 0 Å². The summed E-state index contributed by atoms with van der Waals surface area (Å²) >= 11 is 0. The third-order valence-electron chi connectivity index (χ3n) is 5.37. The Morgan fingerprint density at radius 2 is 1.47 bits per heavy atom. The lowest BCUT2D eigenvalue weighted by Crippen LogP contribution is -2.58. The molecule has 0 N–H and O–H groups in total. The summed E-state index contributed by atoms with van der Waals surface area (Å²) in [5.74, 6) is 3.28. The maximum Gasteiger partial charge on any atom is 0.0214 e. The highest BCUT2D eigenvalue weighted by Gasteiger charge is 2.52. The first-order valence-corrected chi connectivity index (χ1v) is 6.93. The van der Waals surface area contributed by atoms with Crippen LogP contribution in [0.1, 0.15) is 51.9 Å². The first-order chi connectivity index (χ1) is 7.22. The van der Waals surface area contributed by atoms with Crippen molar-refractivity contribution in [3.05, 3.63) is 0 Å². The zero-order valence-electron chi connectivity index (χ0n) is 10.3. The fraction of sp³-hybridized carbons (Fsp3) is 1.00. The van der Waals surface area contributed by atoms with Crippen LogP contribution >= 0.6 is 0 Å². The minimum absolute atomic E-state index is 0.644. The third kappa shape index (κ3) is 1.54. The second-order valence-corrected chi connectivity index (χ2v) is 6.56. The number of hydrogen-bond acceptors (Lipinski definition) is 1. The smallest absolute Gasteiger partial charge is 0.0214 e. The van der Waals surface area contributed by atoms with Gasteiger partial charge in [0, 0.05) is 5.54 Å². The zero-order valence-corrected chi connectivity index (χ0v) is 10.3. The molecule has 0 saturated heterocycles. The van der Waals surface area contributed by atoms with E-state index in [0.29, 0.717) is 5.54 Å². The van der Waals surface area contributed by atoms with Gasteiger partial charge in [-0.3, -0.25) is 0 Å². The average molecular weight is 207 g/mol. The van der Waals surface area contributed by atoms with E-state index in [4.69, 9.17) is 0 Å². The minimum Gasteiger partial charge on any atom is -0.301 e. The summed E-state index contributed by atoms with van der Waals surface area (Å²) in [6.45, 7) is 3.63. The molecule has 0 atom stereocenters. The van der Waals surface area contributed by atoms with Crippen LogP contribution < -0.4 is 0 Å². The van der Waals surface area contributed by atoms with E-state index in [1.165, 1.54) is 32.2 Å². The predicted octanol–water partition coefficient (Wildman–Crippen LogP) is 3.30. The highest BCUT2D eigenvalue weighted by atomic mass is 15.2. The highest BCUT2D eigenvalue weighted by molar-refractivity contribution is 5.06. The summed E-state index contributed by atoms with van der Waals surface area (Å²) in [6, 6.07) is 0. The van der Waals surface area contributed by atoms with Crippen LogP contribution in [0, 0.1) is 17.8 Å². The van der Waals surface area contributed by atoms with Gasteiger partial charge in [0.1, 0.15) is 0 Å². The molecule has 4 saturated carbocycles. The van der Waals surface area contributed by atoms with Crippen molar-refractivity contribution in [2.75, 3.05) is 13.6 Å². The van der Waals surface area contributed by atoms with Gasteiger partial charge in [0.15, 0.2) is 0 Å². The molecule has 4 aliphatic carbocycles. The molecular formula is C14H25N. The summed E-state index contributed by atoms with van der Waals surface area (Å²) in [5, 5.41) is 0. The summed E-state index contributed by atoms with van der Waals surface area (Å²) in [7, 11) is 2.39. The van der Waals surface area contributed by atoms with Crippen molar-refractivity contribution in [1.29, 1.82) is 0 Å². The molecule has 0 heterocycles. The topological polar surface area (TPSA) is 3.24 Å². The Bertz CT molecular complexity index is 210. The molecule has 86 valence electrons. The summed E-state index contributed by atoms with van der Waals surface area (Å²) in [6.07, 6.45) is 10.6. The largest absolute Gasteiger partial charge is 0.301 e. The monoisotopic (exact) mass is 207 g/mol. The lowest BCUT2D eigenvalue weighted by Gasteiger charge is -2.60. The third-order valence-corrected chi connectivity index (χ3v) is 5.37. The quantitative estimate of drug-likeness (QED) is 0.686. The van der Waals surface area contributed by atoms with E-state index in [2.05, 4.69) is 18.9 Å². The normalized spacial score (nSPS) is 47.8. The summed E-state index contributed by atoms with van der Waals surface area (Å²) < 4.78 is 0. The zero-order chi connectivity index (χ0) is 10.5. The van der Waals surface area contributed by atoms with E-state index < -0.39 is 0 Å². The maximum absolute atomic E-state index is 2.72. The van der Waals surface area contributed by atoms with Crippen LogP contribution in [0.2, 0.25) is 0 Å². The van der Waals surface area contributed by atoms with E-state index in [1.807, 2.05) is 0 Å². The number of rotatable bonds is 3. The molecule has 4 bridgehead atoms. The Hall–Kier alpha value is -0.0400. The molecule has 0 aromatic heterocycles. The first kappa shape index (κ1) is 10.1. The van der Waals surface area contributed by atoms with Crippen LogP contribution in [-0.4, -0.2) is 24.0 Å². The first-order valence-electron chi connectivity index (χ1n) is 6.93. The van der Waals surface area contributed by atoms with Crippen molar-refractivity contribution in [1.82, 2.24) is 4.90 Å². The van der Waals surface area contributed by atoms with Crippen LogP contribution in [0.5, 0.6) is 0 Å². The van der Waals surface area contributed by atoms with Crippen molar-refractivity contribution in [3.63, 3.8) is 0 Å². The molecule has 1 nitrogen and oxygen atoms in total. The van der Waals surface area contributed by atoms with E-state index in [0.717, 1.165) is 17.8 Å². The fourth-order valence-electron chi connectivity index (χ4n) is 5.11. The molecule has 4 aliphatic rings. The maximum atomic E-state index is 2.72. The molecule has 0 radical (unpaired) electrons. The van der Waals surface area contributed by atoms with Crippen LogP contribution in [0.25, 0.3) is 0 Å². The lowest BCUT2D eigenvalue weighted by atomic mass is 9.52. The van der Waals surface area contributed by atoms with Gasteiger partial charge in [0.25, 0.3) is 0 Å². The Labute approximate surface area is 94.2 Å². The van der Waals surface area contributed by atoms with Gasteiger partial charge < -0.3 is 4.90 Å². The van der Waals surface area contributed by atoms with E-state index in [9.17, 15) is 0 Å². The van der Waals surface area contributed by atoms with Gasteiger partial charge in [0.05, 0.1) is 0 Å². The second kappa shape index (κ2) is 3.48. The second-order valence-electron chi connectivity index (χ2n) is 6.56. The number of hydrogen-bond donors (Lipinski definition) is 0. The molecule has 1 heteroatoms. The predicted molar refractivity (Wildman–Crippen MR) is 63.8 cm³/mol. The van der Waals surface area contributed by atoms with Crippen LogP contribution in [0.4, 0.5) is 0 Å². The van der Waals surface area contributed by atoms with Crippen molar-refractivity contribution in [2.24, 2.45) is 17.8 Å². The summed E-state index contributed by atoms with van der Waals surface area (Å²) in [5.41, 5.74) is 0.644. The SMILES string of the molecule is CCCN(C)C12CC3CC(CC(C3)C1)C2. The molecule has 0 amide bonds. The van der Waals surface area contributed by atoms with Gasteiger partial charge in [-0.2, -0.15) is 0 Å². The molecule has 4 rings (SSSR count). The Kier molecular flexibility index (Phi) is 2.35. The molecular weight excluding hydrogens is 182 g/mol. The molecule has 0 spiro atoms. The van der Waals surface area contributed by atoms with Gasteiger partial charge in [0.2, 0.25) is 0 Å². The average Bonchev–Trinajstić information content (AvgIpc) is 2.15. The molecule has 0 aromatic carbocycles. The number of nitrogens with zero attached hydrogens (tertiary/aromatic N) is 1. The van der Waals surface area contributed by atoms with Crippen molar-refractivity contribution >= 4 is 0 Å². The fourth-order valence-corrected chi connectivity index (χ4v) is 5.11. The molecule has 0 aromatic rings. The standard InChI is InChI=1S/C14H25N/c1-3-4-15(2)14-8-11-5-12(9-14)7-13(6-11)10-14/h11-13H,3-10H2,1-2H3. The van der Waals surface area contributed by atoms with Crippen LogP contribution in [-0.2, 0) is 0 Å². The lowest BCUT2D eigenvalue weighted by molar-refractivity contribution is -0.0788. The Balaban J connectivity index is 1.80. The highest BCUT2D eigenvalue weighted by Crippen LogP contribution is 2.57. The Morgan fingerprint density at radius 1 is 1.00 bits per heavy atom. The van der Waals surface area contributed by atoms with Crippen molar-refractivity contribution in [3.8, 4) is 0 Å². The van der Waals surface area contributed by atoms with Gasteiger partial charge >= 0.3 is 0 Å².